The molecular formula is C20H19NO2. The zero-order valence-electron chi connectivity index (χ0n) is 13.1. The van der Waals surface area contributed by atoms with E-state index in [4.69, 9.17) is 4.74 Å². The molecule has 0 amide bonds. The van der Waals surface area contributed by atoms with E-state index in [0.717, 1.165) is 22.4 Å². The first-order valence-electron chi connectivity index (χ1n) is 7.76. The molecule has 3 heteroatoms. The molecule has 23 heavy (non-hydrogen) atoms. The molecule has 1 heterocycles. The van der Waals surface area contributed by atoms with Gasteiger partial charge in [-0.25, -0.2) is 4.79 Å². The van der Waals surface area contributed by atoms with Crippen molar-refractivity contribution in [2.24, 2.45) is 0 Å². The molecule has 0 fully saturated rings. The van der Waals surface area contributed by atoms with E-state index in [9.17, 15) is 4.79 Å². The average molecular weight is 305 g/mol. The molecule has 0 aliphatic rings. The van der Waals surface area contributed by atoms with Gasteiger partial charge in [-0.15, -0.1) is 0 Å². The number of benzene rings is 2. The average Bonchev–Trinajstić information content (AvgIpc) is 3.00. The molecule has 0 aliphatic heterocycles. The number of hydrogen-bond acceptors (Lipinski definition) is 2. The van der Waals surface area contributed by atoms with Crippen LogP contribution in [0.2, 0.25) is 0 Å². The second-order valence-corrected chi connectivity index (χ2v) is 5.31. The predicted octanol–water partition coefficient (Wildman–Crippen LogP) is 4.45. The quantitative estimate of drug-likeness (QED) is 0.708. The van der Waals surface area contributed by atoms with Gasteiger partial charge in [0.05, 0.1) is 17.9 Å². The summed E-state index contributed by atoms with van der Waals surface area (Å²) in [6, 6.07) is 20.0. The summed E-state index contributed by atoms with van der Waals surface area (Å²) < 4.78 is 5.27. The molecule has 0 saturated carbocycles. The molecule has 1 N–H and O–H groups in total. The Bertz CT molecular complexity index is 776. The molecule has 116 valence electrons. The molecular weight excluding hydrogens is 286 g/mol. The fourth-order valence-corrected chi connectivity index (χ4v) is 2.69. The predicted molar refractivity (Wildman–Crippen MR) is 91.4 cm³/mol. The maximum absolute atomic E-state index is 12.5. The van der Waals surface area contributed by atoms with Crippen LogP contribution in [0, 0.1) is 0 Å². The Hall–Kier alpha value is -2.81. The van der Waals surface area contributed by atoms with Crippen molar-refractivity contribution in [3.8, 4) is 11.3 Å². The highest BCUT2D eigenvalue weighted by Crippen LogP contribution is 2.27. The van der Waals surface area contributed by atoms with Gasteiger partial charge in [0.1, 0.15) is 0 Å². The van der Waals surface area contributed by atoms with Gasteiger partial charge in [-0.1, -0.05) is 60.7 Å². The van der Waals surface area contributed by atoms with Gasteiger partial charge >= 0.3 is 5.97 Å². The lowest BCUT2D eigenvalue weighted by Crippen LogP contribution is -2.08. The summed E-state index contributed by atoms with van der Waals surface area (Å²) in [5, 5.41) is 0. The van der Waals surface area contributed by atoms with Gasteiger partial charge < -0.3 is 9.72 Å². The van der Waals surface area contributed by atoms with Gasteiger partial charge in [0.25, 0.3) is 0 Å². The molecule has 0 unspecified atom stereocenters. The van der Waals surface area contributed by atoms with Crippen molar-refractivity contribution < 1.29 is 9.53 Å². The van der Waals surface area contributed by atoms with Gasteiger partial charge in [0.15, 0.2) is 0 Å². The number of carbonyl (C=O) groups is 1. The number of ether oxygens (including phenoxy) is 1. The van der Waals surface area contributed by atoms with Crippen molar-refractivity contribution in [3.63, 3.8) is 0 Å². The fraction of sp³-hybridized carbons (Fsp3) is 0.150. The second kappa shape index (κ2) is 6.97. The Morgan fingerprint density at radius 3 is 2.30 bits per heavy atom. The van der Waals surface area contributed by atoms with E-state index in [2.05, 4.69) is 17.1 Å². The molecule has 0 radical (unpaired) electrons. The van der Waals surface area contributed by atoms with E-state index in [-0.39, 0.29) is 5.97 Å². The number of H-pyrrole nitrogens is 1. The Kier molecular flexibility index (Phi) is 4.57. The molecule has 2 aromatic carbocycles. The van der Waals surface area contributed by atoms with Crippen LogP contribution in [0.25, 0.3) is 11.3 Å². The third-order valence-electron chi connectivity index (χ3n) is 3.74. The molecule has 0 aliphatic carbocycles. The van der Waals surface area contributed by atoms with E-state index in [0.29, 0.717) is 18.6 Å². The summed E-state index contributed by atoms with van der Waals surface area (Å²) in [6.45, 7) is 2.19. The summed E-state index contributed by atoms with van der Waals surface area (Å²) >= 11 is 0. The van der Waals surface area contributed by atoms with Crippen LogP contribution >= 0.6 is 0 Å². The van der Waals surface area contributed by atoms with Crippen molar-refractivity contribution in [2.45, 2.75) is 13.3 Å². The minimum atomic E-state index is -0.279. The highest BCUT2D eigenvalue weighted by molar-refractivity contribution is 5.98. The number of carbonyl (C=O) groups excluding carboxylic acids is 1. The van der Waals surface area contributed by atoms with Crippen molar-refractivity contribution >= 4 is 5.97 Å². The summed E-state index contributed by atoms with van der Waals surface area (Å²) in [7, 11) is 0. The van der Waals surface area contributed by atoms with E-state index >= 15 is 0 Å². The van der Waals surface area contributed by atoms with Crippen LogP contribution in [0.15, 0.2) is 66.9 Å². The molecule has 0 atom stereocenters. The molecule has 0 saturated heterocycles. The van der Waals surface area contributed by atoms with Crippen molar-refractivity contribution in [1.82, 2.24) is 4.98 Å². The summed E-state index contributed by atoms with van der Waals surface area (Å²) in [5.41, 5.74) is 4.54. The van der Waals surface area contributed by atoms with E-state index < -0.39 is 0 Å². The first kappa shape index (κ1) is 15.1. The van der Waals surface area contributed by atoms with E-state index in [1.54, 1.807) is 0 Å². The summed E-state index contributed by atoms with van der Waals surface area (Å²) in [5.74, 6) is -0.279. The van der Waals surface area contributed by atoms with Crippen LogP contribution < -0.4 is 0 Å². The van der Waals surface area contributed by atoms with Crippen molar-refractivity contribution in [3.05, 3.63) is 83.6 Å². The maximum Gasteiger partial charge on any atom is 0.340 e. The minimum absolute atomic E-state index is 0.279. The third kappa shape index (κ3) is 3.34. The highest BCUT2D eigenvalue weighted by atomic mass is 16.5. The lowest BCUT2D eigenvalue weighted by molar-refractivity contribution is 0.0526. The number of rotatable bonds is 5. The number of aromatic amines is 1. The largest absolute Gasteiger partial charge is 0.462 e. The van der Waals surface area contributed by atoms with Gasteiger partial charge in [0.2, 0.25) is 0 Å². The second-order valence-electron chi connectivity index (χ2n) is 5.31. The Morgan fingerprint density at radius 2 is 1.65 bits per heavy atom. The van der Waals surface area contributed by atoms with E-state index in [1.165, 1.54) is 0 Å². The van der Waals surface area contributed by atoms with Crippen LogP contribution in [0.1, 0.15) is 28.4 Å². The number of nitrogens with one attached hydrogen (secondary N) is 1. The Morgan fingerprint density at radius 1 is 1.00 bits per heavy atom. The zero-order valence-corrected chi connectivity index (χ0v) is 13.1. The monoisotopic (exact) mass is 305 g/mol. The van der Waals surface area contributed by atoms with Crippen molar-refractivity contribution in [1.29, 1.82) is 0 Å². The zero-order chi connectivity index (χ0) is 16.1. The standard InChI is InChI=1S/C20H19NO2/c1-2-23-20(22)18-17(13-15-9-5-3-6-10-15)14-21-19(18)16-11-7-4-8-12-16/h3-12,14,21H,2,13H2,1H3. The number of esters is 1. The van der Waals surface area contributed by atoms with Crippen LogP contribution in [0.5, 0.6) is 0 Å². The van der Waals surface area contributed by atoms with Crippen LogP contribution in [0.3, 0.4) is 0 Å². The van der Waals surface area contributed by atoms with Gasteiger partial charge in [-0.3, -0.25) is 0 Å². The minimum Gasteiger partial charge on any atom is -0.462 e. The lowest BCUT2D eigenvalue weighted by Gasteiger charge is -2.07. The van der Waals surface area contributed by atoms with Crippen LogP contribution in [0.4, 0.5) is 0 Å². The molecule has 3 nitrogen and oxygen atoms in total. The van der Waals surface area contributed by atoms with Gasteiger partial charge in [0, 0.05) is 6.20 Å². The highest BCUT2D eigenvalue weighted by Gasteiger charge is 2.20. The molecule has 0 spiro atoms. The molecule has 0 bridgehead atoms. The fourth-order valence-electron chi connectivity index (χ4n) is 2.69. The molecule has 1 aromatic heterocycles. The smallest absolute Gasteiger partial charge is 0.340 e. The van der Waals surface area contributed by atoms with Crippen LogP contribution in [-0.2, 0) is 11.2 Å². The first-order chi connectivity index (χ1) is 11.3. The normalized spacial score (nSPS) is 10.5. The topological polar surface area (TPSA) is 42.1 Å². The van der Waals surface area contributed by atoms with Gasteiger partial charge in [-0.05, 0) is 30.0 Å². The lowest BCUT2D eigenvalue weighted by atomic mass is 10.00. The maximum atomic E-state index is 12.5. The van der Waals surface area contributed by atoms with E-state index in [1.807, 2.05) is 61.7 Å². The summed E-state index contributed by atoms with van der Waals surface area (Å²) in [6.07, 6.45) is 2.60. The Balaban J connectivity index is 2.03. The SMILES string of the molecule is CCOC(=O)c1c(Cc2ccccc2)c[nH]c1-c1ccccc1. The third-order valence-corrected chi connectivity index (χ3v) is 3.74. The van der Waals surface area contributed by atoms with Gasteiger partial charge in [-0.2, -0.15) is 0 Å². The Labute approximate surface area is 135 Å². The number of hydrogen-bond donors (Lipinski definition) is 1. The van der Waals surface area contributed by atoms with Crippen molar-refractivity contribution in [2.75, 3.05) is 6.61 Å². The number of aromatic nitrogens is 1. The molecule has 3 aromatic rings. The van der Waals surface area contributed by atoms with Crippen LogP contribution in [-0.4, -0.2) is 17.6 Å². The molecule has 3 rings (SSSR count). The first-order valence-corrected chi connectivity index (χ1v) is 7.76. The summed E-state index contributed by atoms with van der Waals surface area (Å²) in [4.78, 5) is 15.7.